The number of nitrogens with zero attached hydrogens (tertiary/aromatic N) is 4. The van der Waals surface area contributed by atoms with Crippen molar-refractivity contribution in [1.29, 1.82) is 0 Å². The smallest absolute Gasteiger partial charge is 0.277 e. The van der Waals surface area contributed by atoms with Crippen LogP contribution in [0.4, 0.5) is 0 Å². The molecule has 0 amide bonds. The second-order valence-electron chi connectivity index (χ2n) is 8.95. The van der Waals surface area contributed by atoms with Crippen LogP contribution in [0.25, 0.3) is 22.4 Å². The molecule has 1 saturated heterocycles. The van der Waals surface area contributed by atoms with Gasteiger partial charge in [0.05, 0.1) is 22.8 Å². The maximum absolute atomic E-state index is 13.5. The molecule has 4 rings (SSSR count). The number of aromatic amines is 1. The van der Waals surface area contributed by atoms with E-state index in [-0.39, 0.29) is 16.3 Å². The quantitative estimate of drug-likeness (QED) is 0.458. The van der Waals surface area contributed by atoms with E-state index < -0.39 is 10.0 Å². The molecule has 0 radical (unpaired) electrons. The summed E-state index contributed by atoms with van der Waals surface area (Å²) in [6.45, 7) is 5.81. The lowest BCUT2D eigenvalue weighted by Gasteiger charge is -2.31. The topological polar surface area (TPSA) is 136 Å². The Morgan fingerprint density at radius 2 is 1.97 bits per heavy atom. The Labute approximate surface area is 205 Å². The molecule has 0 spiro atoms. The molecule has 0 aliphatic carbocycles. The highest BCUT2D eigenvalue weighted by Gasteiger charge is 2.30. The third-order valence-corrected chi connectivity index (χ3v) is 8.44. The van der Waals surface area contributed by atoms with Crippen LogP contribution in [-0.4, -0.2) is 58.7 Å². The molecule has 0 unspecified atom stereocenters. The van der Waals surface area contributed by atoms with Gasteiger partial charge in [-0.15, -0.1) is 0 Å². The molecule has 2 aromatic heterocycles. The molecule has 190 valence electrons. The number of fused-ring (bicyclic) bond motifs is 1. The van der Waals surface area contributed by atoms with Gasteiger partial charge in [-0.3, -0.25) is 9.48 Å². The van der Waals surface area contributed by atoms with E-state index in [9.17, 15) is 13.2 Å². The summed E-state index contributed by atoms with van der Waals surface area (Å²) in [5.41, 5.74) is 7.41. The largest absolute Gasteiger partial charge is 0.493 e. The molecule has 3 N–H and O–H groups in total. The monoisotopic (exact) mass is 502 g/mol. The molecule has 1 aromatic carbocycles. The van der Waals surface area contributed by atoms with Crippen LogP contribution in [0.15, 0.2) is 27.9 Å². The summed E-state index contributed by atoms with van der Waals surface area (Å²) in [6.07, 6.45) is 4.05. The Morgan fingerprint density at radius 1 is 1.23 bits per heavy atom. The number of benzene rings is 1. The Balaban J connectivity index is 1.78. The van der Waals surface area contributed by atoms with Gasteiger partial charge in [-0.05, 0) is 63.3 Å². The van der Waals surface area contributed by atoms with E-state index in [1.807, 2.05) is 13.8 Å². The van der Waals surface area contributed by atoms with Crippen molar-refractivity contribution < 1.29 is 13.2 Å². The van der Waals surface area contributed by atoms with Crippen molar-refractivity contribution in [3.8, 4) is 17.1 Å². The Morgan fingerprint density at radius 3 is 2.63 bits per heavy atom. The van der Waals surface area contributed by atoms with Crippen molar-refractivity contribution in [2.45, 2.75) is 50.8 Å². The lowest BCUT2D eigenvalue weighted by molar-refractivity contribution is 0.266. The average Bonchev–Trinajstić information content (AvgIpc) is 3.15. The number of aryl methyl sites for hydroxylation is 2. The Kier molecular flexibility index (Phi) is 7.58. The maximum Gasteiger partial charge on any atom is 0.277 e. The van der Waals surface area contributed by atoms with Crippen LogP contribution in [-0.2, 0) is 23.5 Å². The zero-order chi connectivity index (χ0) is 25.2. The highest BCUT2D eigenvalue weighted by molar-refractivity contribution is 7.89. The number of rotatable bonds is 9. The van der Waals surface area contributed by atoms with Crippen molar-refractivity contribution >= 4 is 21.1 Å². The average molecular weight is 503 g/mol. The highest BCUT2D eigenvalue weighted by atomic mass is 32.2. The predicted molar refractivity (Wildman–Crippen MR) is 135 cm³/mol. The number of nitrogens with one attached hydrogen (secondary N) is 1. The summed E-state index contributed by atoms with van der Waals surface area (Å²) in [4.78, 5) is 20.6. The summed E-state index contributed by atoms with van der Waals surface area (Å²) in [6, 6.07) is 4.73. The second-order valence-corrected chi connectivity index (χ2v) is 10.9. The van der Waals surface area contributed by atoms with Gasteiger partial charge in [0.2, 0.25) is 10.0 Å². The normalized spacial score (nSPS) is 15.7. The van der Waals surface area contributed by atoms with Crippen molar-refractivity contribution in [3.63, 3.8) is 0 Å². The van der Waals surface area contributed by atoms with Gasteiger partial charge < -0.3 is 15.5 Å². The van der Waals surface area contributed by atoms with Crippen LogP contribution in [0.3, 0.4) is 0 Å². The first kappa shape index (κ1) is 25.3. The third kappa shape index (κ3) is 4.98. The first-order chi connectivity index (χ1) is 16.8. The fourth-order valence-corrected chi connectivity index (χ4v) is 6.24. The second kappa shape index (κ2) is 10.5. The molecule has 1 aliphatic rings. The minimum Gasteiger partial charge on any atom is -0.493 e. The van der Waals surface area contributed by atoms with Gasteiger partial charge in [0.1, 0.15) is 17.1 Å². The van der Waals surface area contributed by atoms with Crippen LogP contribution in [0.5, 0.6) is 5.75 Å². The van der Waals surface area contributed by atoms with Crippen molar-refractivity contribution in [1.82, 2.24) is 24.1 Å². The van der Waals surface area contributed by atoms with Crippen LogP contribution in [0, 0.1) is 5.92 Å². The zero-order valence-electron chi connectivity index (χ0n) is 20.6. The molecule has 0 saturated carbocycles. The molecule has 1 fully saturated rings. The summed E-state index contributed by atoms with van der Waals surface area (Å²) < 4.78 is 35.8. The van der Waals surface area contributed by atoms with Crippen molar-refractivity contribution in [2.75, 3.05) is 26.2 Å². The molecule has 1 aliphatic heterocycles. The van der Waals surface area contributed by atoms with Crippen molar-refractivity contribution in [2.24, 2.45) is 18.7 Å². The van der Waals surface area contributed by atoms with Gasteiger partial charge in [0, 0.05) is 20.1 Å². The van der Waals surface area contributed by atoms with E-state index in [4.69, 9.17) is 15.5 Å². The first-order valence-corrected chi connectivity index (χ1v) is 13.7. The SMILES string of the molecule is CCCc1nn(C)c2c(=O)[nH]c(-c3cc(S(=O)(=O)N4CCC(CCN)CC4)ccc3OCC)nc12. The number of nitrogens with two attached hydrogens (primary N) is 1. The van der Waals surface area contributed by atoms with E-state index in [1.165, 1.54) is 8.99 Å². The Bertz CT molecular complexity index is 1360. The Hall–Kier alpha value is -2.76. The summed E-state index contributed by atoms with van der Waals surface area (Å²) in [5.74, 6) is 1.17. The number of aromatic nitrogens is 4. The van der Waals surface area contributed by atoms with Gasteiger partial charge in [-0.1, -0.05) is 13.3 Å². The van der Waals surface area contributed by atoms with Crippen LogP contribution >= 0.6 is 0 Å². The van der Waals surface area contributed by atoms with E-state index in [2.05, 4.69) is 10.1 Å². The van der Waals surface area contributed by atoms with Crippen LogP contribution in [0.2, 0.25) is 0 Å². The summed E-state index contributed by atoms with van der Waals surface area (Å²) in [7, 11) is -2.00. The fourth-order valence-electron chi connectivity index (χ4n) is 4.74. The minimum absolute atomic E-state index is 0.149. The molecular formula is C24H34N6O4S. The van der Waals surface area contributed by atoms with E-state index >= 15 is 0 Å². The number of ether oxygens (including phenoxy) is 1. The number of hydrogen-bond donors (Lipinski definition) is 2. The number of hydrogen-bond acceptors (Lipinski definition) is 7. The van der Waals surface area contributed by atoms with Gasteiger partial charge in [0.25, 0.3) is 5.56 Å². The summed E-state index contributed by atoms with van der Waals surface area (Å²) in [5, 5.41) is 4.46. The van der Waals surface area contributed by atoms with E-state index in [0.717, 1.165) is 31.4 Å². The molecule has 3 heterocycles. The molecule has 3 aromatic rings. The van der Waals surface area contributed by atoms with Crippen LogP contribution in [0.1, 0.15) is 45.2 Å². The van der Waals surface area contributed by atoms with Gasteiger partial charge in [-0.25, -0.2) is 13.4 Å². The molecule has 0 bridgehead atoms. The first-order valence-electron chi connectivity index (χ1n) is 12.2. The van der Waals surface area contributed by atoms with Gasteiger partial charge in [-0.2, -0.15) is 9.40 Å². The van der Waals surface area contributed by atoms with Gasteiger partial charge in [0.15, 0.2) is 5.52 Å². The lowest BCUT2D eigenvalue weighted by Crippen LogP contribution is -2.38. The number of H-pyrrole nitrogens is 1. The van der Waals surface area contributed by atoms with Crippen molar-refractivity contribution in [3.05, 3.63) is 34.2 Å². The standard InChI is InChI=1S/C24H34N6O4S/c1-4-6-19-21-22(29(3)28-19)24(31)27-23(26-21)18-15-17(7-8-20(18)34-5-2)35(32,33)30-13-10-16(9-12-25)11-14-30/h7-8,15-16H,4-6,9-14,25H2,1-3H3,(H,26,27,31). The van der Waals surface area contributed by atoms with E-state index in [0.29, 0.717) is 60.9 Å². The molecule has 10 nitrogen and oxygen atoms in total. The zero-order valence-corrected chi connectivity index (χ0v) is 21.4. The van der Waals surface area contributed by atoms with E-state index in [1.54, 1.807) is 25.2 Å². The minimum atomic E-state index is -3.72. The molecular weight excluding hydrogens is 468 g/mol. The number of piperidine rings is 1. The predicted octanol–water partition coefficient (Wildman–Crippen LogP) is 2.42. The summed E-state index contributed by atoms with van der Waals surface area (Å²) >= 11 is 0. The van der Waals surface area contributed by atoms with Crippen LogP contribution < -0.4 is 16.0 Å². The van der Waals surface area contributed by atoms with Gasteiger partial charge >= 0.3 is 0 Å². The highest BCUT2D eigenvalue weighted by Crippen LogP contribution is 2.33. The molecule has 35 heavy (non-hydrogen) atoms. The third-order valence-electron chi connectivity index (χ3n) is 6.54. The molecule has 11 heteroatoms. The number of sulfonamides is 1. The lowest BCUT2D eigenvalue weighted by atomic mass is 9.95. The fraction of sp³-hybridized carbons (Fsp3) is 0.542. The molecule has 0 atom stereocenters. The maximum atomic E-state index is 13.5.